The Hall–Kier alpha value is -0.650. The van der Waals surface area contributed by atoms with Crippen LogP contribution in [0.1, 0.15) is 33.6 Å². The molecule has 0 aliphatic carbocycles. The minimum atomic E-state index is -0.243. The van der Waals surface area contributed by atoms with E-state index in [9.17, 15) is 4.79 Å². The molecule has 1 unspecified atom stereocenters. The summed E-state index contributed by atoms with van der Waals surface area (Å²) in [5.74, 6) is 0.0215. The fourth-order valence-corrected chi connectivity index (χ4v) is 1.82. The fourth-order valence-electron chi connectivity index (χ4n) is 1.82. The van der Waals surface area contributed by atoms with Crippen LogP contribution < -0.4 is 5.32 Å². The van der Waals surface area contributed by atoms with E-state index in [0.29, 0.717) is 19.7 Å². The summed E-state index contributed by atoms with van der Waals surface area (Å²) < 4.78 is 5.02. The second-order valence-corrected chi connectivity index (χ2v) is 4.45. The van der Waals surface area contributed by atoms with Gasteiger partial charge in [-0.1, -0.05) is 13.8 Å². The quantitative estimate of drug-likeness (QED) is 0.604. The standard InChI is InChI=1S/C13H28N2O3/c1-5-12(6-2)14-13(17)11(3)15(7-9-16)8-10-18-4/h11-12,16H,5-10H2,1-4H3,(H,14,17). The smallest absolute Gasteiger partial charge is 0.237 e. The first-order valence-corrected chi connectivity index (χ1v) is 6.74. The Morgan fingerprint density at radius 1 is 1.33 bits per heavy atom. The van der Waals surface area contributed by atoms with Crippen LogP contribution in [0, 0.1) is 0 Å². The summed E-state index contributed by atoms with van der Waals surface area (Å²) in [6, 6.07) is -0.00810. The van der Waals surface area contributed by atoms with Gasteiger partial charge >= 0.3 is 0 Å². The zero-order valence-electron chi connectivity index (χ0n) is 12.1. The highest BCUT2D eigenvalue weighted by Gasteiger charge is 2.21. The molecule has 0 radical (unpaired) electrons. The molecule has 18 heavy (non-hydrogen) atoms. The van der Waals surface area contributed by atoms with E-state index in [1.165, 1.54) is 0 Å². The maximum atomic E-state index is 12.1. The topological polar surface area (TPSA) is 61.8 Å². The number of amides is 1. The molecule has 0 saturated carbocycles. The maximum Gasteiger partial charge on any atom is 0.237 e. The Bertz CT molecular complexity index is 220. The van der Waals surface area contributed by atoms with E-state index >= 15 is 0 Å². The van der Waals surface area contributed by atoms with Crippen molar-refractivity contribution in [3.63, 3.8) is 0 Å². The van der Waals surface area contributed by atoms with Gasteiger partial charge in [0.15, 0.2) is 0 Å². The molecule has 1 atom stereocenters. The van der Waals surface area contributed by atoms with Crippen LogP contribution in [0.25, 0.3) is 0 Å². The lowest BCUT2D eigenvalue weighted by molar-refractivity contribution is -0.127. The molecule has 0 saturated heterocycles. The number of nitrogens with one attached hydrogen (secondary N) is 1. The first-order valence-electron chi connectivity index (χ1n) is 6.74. The summed E-state index contributed by atoms with van der Waals surface area (Å²) in [6.07, 6.45) is 1.88. The lowest BCUT2D eigenvalue weighted by Crippen LogP contribution is -2.49. The Labute approximate surface area is 110 Å². The highest BCUT2D eigenvalue weighted by molar-refractivity contribution is 5.81. The summed E-state index contributed by atoms with van der Waals surface area (Å²) in [5, 5.41) is 12.1. The van der Waals surface area contributed by atoms with E-state index in [2.05, 4.69) is 19.2 Å². The molecule has 0 fully saturated rings. The predicted octanol–water partition coefficient (Wildman–Crippen LogP) is 0.620. The van der Waals surface area contributed by atoms with Gasteiger partial charge in [-0.05, 0) is 19.8 Å². The van der Waals surface area contributed by atoms with Gasteiger partial charge in [0.2, 0.25) is 5.91 Å². The van der Waals surface area contributed by atoms with Gasteiger partial charge in [-0.25, -0.2) is 0 Å². The Kier molecular flexibility index (Phi) is 9.92. The summed E-state index contributed by atoms with van der Waals surface area (Å²) in [6.45, 7) is 7.73. The van der Waals surface area contributed by atoms with Crippen LogP contribution in [-0.4, -0.2) is 61.4 Å². The minimum Gasteiger partial charge on any atom is -0.395 e. The highest BCUT2D eigenvalue weighted by atomic mass is 16.5. The Morgan fingerprint density at radius 2 is 1.94 bits per heavy atom. The SMILES string of the molecule is CCC(CC)NC(=O)C(C)N(CCO)CCOC. The molecule has 108 valence electrons. The molecule has 0 aliphatic rings. The number of carbonyl (C=O) groups is 1. The molecule has 0 aromatic carbocycles. The first-order chi connectivity index (χ1) is 8.60. The molecule has 0 heterocycles. The highest BCUT2D eigenvalue weighted by Crippen LogP contribution is 2.02. The molecule has 0 aromatic rings. The molecule has 0 bridgehead atoms. The van der Waals surface area contributed by atoms with Crippen molar-refractivity contribution < 1.29 is 14.6 Å². The maximum absolute atomic E-state index is 12.1. The average molecular weight is 260 g/mol. The van der Waals surface area contributed by atoms with Crippen molar-refractivity contribution >= 4 is 5.91 Å². The molecule has 0 aromatic heterocycles. The van der Waals surface area contributed by atoms with Crippen molar-refractivity contribution in [2.45, 2.75) is 45.7 Å². The molecule has 2 N–H and O–H groups in total. The van der Waals surface area contributed by atoms with E-state index < -0.39 is 0 Å². The summed E-state index contributed by atoms with van der Waals surface area (Å²) in [7, 11) is 1.63. The Balaban J connectivity index is 4.35. The second-order valence-electron chi connectivity index (χ2n) is 4.45. The van der Waals surface area contributed by atoms with Gasteiger partial charge in [-0.2, -0.15) is 0 Å². The van der Waals surface area contributed by atoms with Crippen molar-refractivity contribution in [1.29, 1.82) is 0 Å². The fraction of sp³-hybridized carbons (Fsp3) is 0.923. The van der Waals surface area contributed by atoms with Crippen LogP contribution in [0.2, 0.25) is 0 Å². The van der Waals surface area contributed by atoms with Gasteiger partial charge in [0.05, 0.1) is 19.3 Å². The van der Waals surface area contributed by atoms with Crippen molar-refractivity contribution in [3.05, 3.63) is 0 Å². The molecule has 5 nitrogen and oxygen atoms in total. The summed E-state index contributed by atoms with van der Waals surface area (Å²) in [5.41, 5.74) is 0. The Morgan fingerprint density at radius 3 is 2.39 bits per heavy atom. The van der Waals surface area contributed by atoms with Crippen LogP contribution in [-0.2, 0) is 9.53 Å². The molecule has 0 spiro atoms. The zero-order valence-corrected chi connectivity index (χ0v) is 12.1. The van der Waals surface area contributed by atoms with Crippen molar-refractivity contribution in [3.8, 4) is 0 Å². The number of aliphatic hydroxyl groups excluding tert-OH is 1. The van der Waals surface area contributed by atoms with Gasteiger partial charge in [0.25, 0.3) is 0 Å². The molecule has 5 heteroatoms. The average Bonchev–Trinajstić information content (AvgIpc) is 2.39. The van der Waals surface area contributed by atoms with Crippen LogP contribution in [0.5, 0.6) is 0 Å². The number of nitrogens with zero attached hydrogens (tertiary/aromatic N) is 1. The number of hydrogen-bond donors (Lipinski definition) is 2. The molecule has 0 rings (SSSR count). The third-order valence-corrected chi connectivity index (χ3v) is 3.23. The van der Waals surface area contributed by atoms with E-state index in [1.54, 1.807) is 7.11 Å². The predicted molar refractivity (Wildman–Crippen MR) is 72.5 cm³/mol. The van der Waals surface area contributed by atoms with Gasteiger partial charge in [-0.3, -0.25) is 9.69 Å². The molecule has 1 amide bonds. The molecule has 0 aliphatic heterocycles. The number of hydrogen-bond acceptors (Lipinski definition) is 4. The monoisotopic (exact) mass is 260 g/mol. The number of rotatable bonds is 10. The van der Waals surface area contributed by atoms with Crippen LogP contribution in [0.4, 0.5) is 0 Å². The van der Waals surface area contributed by atoms with Gasteiger partial charge in [0.1, 0.15) is 0 Å². The lowest BCUT2D eigenvalue weighted by Gasteiger charge is -2.28. The van der Waals surface area contributed by atoms with Crippen LogP contribution in [0.15, 0.2) is 0 Å². The largest absolute Gasteiger partial charge is 0.395 e. The minimum absolute atomic E-state index is 0.0215. The third-order valence-electron chi connectivity index (χ3n) is 3.23. The van der Waals surface area contributed by atoms with Crippen molar-refractivity contribution in [2.24, 2.45) is 0 Å². The van der Waals surface area contributed by atoms with Crippen molar-refractivity contribution in [1.82, 2.24) is 10.2 Å². The zero-order chi connectivity index (χ0) is 14.0. The molecular weight excluding hydrogens is 232 g/mol. The summed E-state index contributed by atoms with van der Waals surface area (Å²) in [4.78, 5) is 14.0. The summed E-state index contributed by atoms with van der Waals surface area (Å²) >= 11 is 0. The van der Waals surface area contributed by atoms with E-state index in [4.69, 9.17) is 9.84 Å². The van der Waals surface area contributed by atoms with Gasteiger partial charge in [-0.15, -0.1) is 0 Å². The first kappa shape index (κ1) is 17.4. The number of aliphatic hydroxyl groups is 1. The van der Waals surface area contributed by atoms with Crippen molar-refractivity contribution in [2.75, 3.05) is 33.4 Å². The van der Waals surface area contributed by atoms with E-state index in [-0.39, 0.29) is 24.6 Å². The lowest BCUT2D eigenvalue weighted by atomic mass is 10.1. The second kappa shape index (κ2) is 10.3. The van der Waals surface area contributed by atoms with Crippen LogP contribution >= 0.6 is 0 Å². The third kappa shape index (κ3) is 6.33. The molecular formula is C13H28N2O3. The van der Waals surface area contributed by atoms with Crippen LogP contribution in [0.3, 0.4) is 0 Å². The van der Waals surface area contributed by atoms with E-state index in [0.717, 1.165) is 12.8 Å². The number of carbonyl (C=O) groups excluding carboxylic acids is 1. The van der Waals surface area contributed by atoms with Gasteiger partial charge < -0.3 is 15.2 Å². The van der Waals surface area contributed by atoms with E-state index in [1.807, 2.05) is 11.8 Å². The number of ether oxygens (including phenoxy) is 1. The van der Waals surface area contributed by atoms with Gasteiger partial charge in [0, 0.05) is 26.2 Å². The number of methoxy groups -OCH3 is 1. The normalized spacial score (nSPS) is 13.1.